The molecule has 1 heterocycles. The van der Waals surface area contributed by atoms with Crippen molar-refractivity contribution in [2.24, 2.45) is 0 Å². The smallest absolute Gasteiger partial charge is 0.205 e. The number of hydrogen-bond donors (Lipinski definition) is 30. The number of phenols is 30. The van der Waals surface area contributed by atoms with Gasteiger partial charge in [-0.3, -0.25) is 0 Å². The fraction of sp³-hybridized carbons (Fsp3) is 0. The highest BCUT2D eigenvalue weighted by Crippen LogP contribution is 2.71. The molecule has 0 saturated carbocycles. The lowest BCUT2D eigenvalue weighted by molar-refractivity contribution is 0.349. The first-order valence-corrected chi connectivity index (χ1v) is 21.9. The van der Waals surface area contributed by atoms with E-state index < -0.39 is 282 Å². The van der Waals surface area contributed by atoms with E-state index in [1.54, 1.807) is 0 Å². The first-order valence-electron chi connectivity index (χ1n) is 21.9. The van der Waals surface area contributed by atoms with E-state index in [9.17, 15) is 153 Å². The number of phenolic OH excluding ortho intramolecular Hbond substituents is 30. The Morgan fingerprint density at radius 3 is 0.667 bits per heavy atom. The number of furan rings is 1. The van der Waals surface area contributed by atoms with Crippen molar-refractivity contribution in [2.75, 3.05) is 0 Å². The average Bonchev–Trinajstić information content (AvgIpc) is 3.20. The molecule has 0 aliphatic heterocycles. The van der Waals surface area contributed by atoms with E-state index in [-0.39, 0.29) is 0 Å². The van der Waals surface area contributed by atoms with Crippen molar-refractivity contribution < 1.29 is 158 Å². The lowest BCUT2D eigenvalue weighted by Crippen LogP contribution is -1.97. The fourth-order valence-electron chi connectivity index (χ4n) is 10.5. The summed E-state index contributed by atoms with van der Waals surface area (Å²) in [5.41, 5.74) is -11.6. The van der Waals surface area contributed by atoms with Gasteiger partial charge in [-0.2, -0.15) is 0 Å². The van der Waals surface area contributed by atoms with E-state index in [4.69, 9.17) is 4.42 Å². The maximum atomic E-state index is 12.4. The molecule has 0 unspecified atom stereocenters. The third-order valence-electron chi connectivity index (χ3n) is 14.1. The van der Waals surface area contributed by atoms with Gasteiger partial charge in [0.25, 0.3) is 0 Å². The summed E-state index contributed by atoms with van der Waals surface area (Å²) in [4.78, 5) is 0. The maximum Gasteiger partial charge on any atom is 0.205 e. The topological polar surface area (TPSA) is 620 Å². The van der Waals surface area contributed by atoms with E-state index in [2.05, 4.69) is 0 Å². The van der Waals surface area contributed by atoms with Crippen LogP contribution in [0, 0.1) is 0 Å². The summed E-state index contributed by atoms with van der Waals surface area (Å²) < 4.78 is 5.46. The predicted molar refractivity (Wildman–Crippen MR) is 268 cm³/mol. The standard InChI is InChI=1S/C50H30O31/c51-19-12(36(68)48(80)50-18(19)11-10-17(37(69)47(79)49(11)81-50)35(67)46(78)44(76)26(10)58)1-4-6(22(54)41(73)39(71)20(4)52)2(7-5(1)21(53)40(72)42(74)23(7)55)13-27(59)30(62)15(31(63)28(13)60)8-3-9-16(34(66)45(77)43(75)25(9)57)32(64)29(61)14(3)33(65)38(70)24(8)56/h51-80H. The number of benzene rings is 10. The highest BCUT2D eigenvalue weighted by molar-refractivity contribution is 6.34. The average molecular weight is 1130 g/mol. The van der Waals surface area contributed by atoms with Crippen LogP contribution < -0.4 is 0 Å². The zero-order valence-electron chi connectivity index (χ0n) is 38.8. The van der Waals surface area contributed by atoms with Gasteiger partial charge in [-0.25, -0.2) is 0 Å². The van der Waals surface area contributed by atoms with E-state index >= 15 is 0 Å². The molecule has 0 saturated heterocycles. The van der Waals surface area contributed by atoms with Crippen LogP contribution in [0.15, 0.2) is 4.42 Å². The Bertz CT molecular complexity index is 4810. The number of fused-ring (bicyclic) bond motifs is 10. The summed E-state index contributed by atoms with van der Waals surface area (Å²) in [6.07, 6.45) is 0. The molecular formula is C50H30O31. The minimum Gasteiger partial charge on any atom is -0.506 e. The molecule has 0 atom stereocenters. The number of aromatic hydroxyl groups is 30. The van der Waals surface area contributed by atoms with Crippen LogP contribution >= 0.6 is 0 Å². The van der Waals surface area contributed by atoms with Crippen LogP contribution in [0.5, 0.6) is 172 Å². The molecule has 0 bridgehead atoms. The van der Waals surface area contributed by atoms with Crippen molar-refractivity contribution in [1.29, 1.82) is 0 Å². The molecule has 416 valence electrons. The van der Waals surface area contributed by atoms with E-state index in [1.165, 1.54) is 0 Å². The summed E-state index contributed by atoms with van der Waals surface area (Å²) in [6, 6.07) is 0. The molecule has 0 aliphatic carbocycles. The summed E-state index contributed by atoms with van der Waals surface area (Å²) in [5.74, 6) is -51.2. The molecule has 0 radical (unpaired) electrons. The summed E-state index contributed by atoms with van der Waals surface area (Å²) >= 11 is 0. The molecule has 31 heteroatoms. The van der Waals surface area contributed by atoms with Crippen LogP contribution in [-0.4, -0.2) is 153 Å². The Morgan fingerprint density at radius 2 is 0.309 bits per heavy atom. The molecule has 11 aromatic rings. The van der Waals surface area contributed by atoms with Crippen molar-refractivity contribution >= 4 is 75.8 Å². The monoisotopic (exact) mass is 1130 g/mol. The van der Waals surface area contributed by atoms with Gasteiger partial charge < -0.3 is 158 Å². The Balaban J connectivity index is 1.38. The molecule has 81 heavy (non-hydrogen) atoms. The molecule has 11 rings (SSSR count). The second-order valence-electron chi connectivity index (χ2n) is 18.0. The third-order valence-corrected chi connectivity index (χ3v) is 14.1. The van der Waals surface area contributed by atoms with Gasteiger partial charge in [0, 0.05) is 59.8 Å². The molecule has 0 fully saturated rings. The number of hydrogen-bond acceptors (Lipinski definition) is 31. The van der Waals surface area contributed by atoms with Crippen LogP contribution in [-0.2, 0) is 0 Å². The van der Waals surface area contributed by atoms with Crippen molar-refractivity contribution in [1.82, 2.24) is 0 Å². The summed E-state index contributed by atoms with van der Waals surface area (Å²) in [6.45, 7) is 0. The van der Waals surface area contributed by atoms with Gasteiger partial charge in [-0.15, -0.1) is 0 Å². The summed E-state index contributed by atoms with van der Waals surface area (Å²) in [7, 11) is 0. The van der Waals surface area contributed by atoms with Crippen molar-refractivity contribution in [3.63, 3.8) is 0 Å². The quantitative estimate of drug-likeness (QED) is 0.0448. The molecule has 10 aromatic carbocycles. The molecule has 30 N–H and O–H groups in total. The lowest BCUT2D eigenvalue weighted by atomic mass is 9.81. The lowest BCUT2D eigenvalue weighted by Gasteiger charge is -2.25. The molecule has 1 aromatic heterocycles. The first-order chi connectivity index (χ1) is 37.8. The van der Waals surface area contributed by atoms with Crippen molar-refractivity contribution in [3.05, 3.63) is 0 Å². The minimum atomic E-state index is -1.99. The maximum absolute atomic E-state index is 12.4. The van der Waals surface area contributed by atoms with Gasteiger partial charge in [0.1, 0.15) is 5.75 Å². The Morgan fingerprint density at radius 1 is 0.111 bits per heavy atom. The van der Waals surface area contributed by atoms with Crippen LogP contribution in [0.4, 0.5) is 0 Å². The van der Waals surface area contributed by atoms with Crippen LogP contribution in [0.1, 0.15) is 0 Å². The minimum absolute atomic E-state index is 0.985. The van der Waals surface area contributed by atoms with Crippen LogP contribution in [0.25, 0.3) is 109 Å². The van der Waals surface area contributed by atoms with Crippen molar-refractivity contribution in [2.45, 2.75) is 0 Å². The zero-order valence-corrected chi connectivity index (χ0v) is 38.8. The van der Waals surface area contributed by atoms with E-state index in [0.29, 0.717) is 0 Å². The second kappa shape index (κ2) is 15.5. The van der Waals surface area contributed by atoms with Gasteiger partial charge in [0.2, 0.25) is 63.2 Å². The largest absolute Gasteiger partial charge is 0.506 e. The normalized spacial score (nSPS) is 12.0. The van der Waals surface area contributed by atoms with Crippen LogP contribution in [0.2, 0.25) is 0 Å². The highest BCUT2D eigenvalue weighted by Gasteiger charge is 2.42. The van der Waals surface area contributed by atoms with Gasteiger partial charge in [0.15, 0.2) is 115 Å². The number of rotatable bonds is 3. The van der Waals surface area contributed by atoms with Gasteiger partial charge in [-0.05, 0) is 0 Å². The molecule has 0 amide bonds. The van der Waals surface area contributed by atoms with Gasteiger partial charge in [0.05, 0.1) is 38.2 Å². The van der Waals surface area contributed by atoms with E-state index in [1.807, 2.05) is 0 Å². The zero-order chi connectivity index (χ0) is 59.6. The predicted octanol–water partition coefficient (Wildman–Crippen LogP) is 5.52. The van der Waals surface area contributed by atoms with Gasteiger partial charge >= 0.3 is 0 Å². The Hall–Kier alpha value is -12.7. The molecule has 0 spiro atoms. The molecule has 31 nitrogen and oxygen atoms in total. The summed E-state index contributed by atoms with van der Waals surface area (Å²) in [5, 5.41) is 324. The first kappa shape index (κ1) is 50.5. The van der Waals surface area contributed by atoms with Crippen molar-refractivity contribution in [3.8, 4) is 206 Å². The molecule has 0 aliphatic rings. The van der Waals surface area contributed by atoms with Gasteiger partial charge in [-0.1, -0.05) is 0 Å². The highest BCUT2D eigenvalue weighted by atomic mass is 16.4. The Kier molecular flexibility index (Phi) is 9.63. The Labute approximate surface area is 438 Å². The van der Waals surface area contributed by atoms with E-state index in [0.717, 1.165) is 0 Å². The fourth-order valence-corrected chi connectivity index (χ4v) is 10.5. The molecular weight excluding hydrogens is 1100 g/mol. The van der Waals surface area contributed by atoms with Crippen LogP contribution in [0.3, 0.4) is 0 Å². The SMILES string of the molecule is Oc1c(O)c(-c2c(O)c(O)c(O)c3c(O)c(O)c4c(O)c(O)c(O)c(O)c4c23)c(O)c(O)c1-c1c2c(O)c(O)c(O)c(O)c2c(-c2c(O)c(O)c3oc4c(O)c(O)c5c(O)c(O)c(O)c(O)c5c4c3c2O)c2c(O)c(O)c(O)c(O)c12. The second-order valence-corrected chi connectivity index (χ2v) is 18.0. The third kappa shape index (κ3) is 5.55.